The molecule has 0 radical (unpaired) electrons. The van der Waals surface area contributed by atoms with Gasteiger partial charge in [-0.1, -0.05) is 49.9 Å². The van der Waals surface area contributed by atoms with Crippen LogP contribution in [0.3, 0.4) is 0 Å². The minimum Gasteiger partial charge on any atom is -0.344 e. The number of nitrogens with two attached hydrogens (primary N) is 1. The molecule has 3 aromatic rings. The lowest BCUT2D eigenvalue weighted by atomic mass is 9.81. The number of rotatable bonds is 16. The Bertz CT molecular complexity index is 2620. The molecule has 0 fully saturated rings. The van der Waals surface area contributed by atoms with E-state index in [-0.39, 0.29) is 4.90 Å². The number of allylic oxidation sites excluding steroid dienone is 7. The third-order valence-electron chi connectivity index (χ3n) is 12.6. The lowest BCUT2D eigenvalue weighted by Gasteiger charge is -2.29. The molecule has 0 saturated carbocycles. The molecule has 0 bridgehead atoms. The lowest BCUT2D eigenvalue weighted by Crippen LogP contribution is -2.37. The standard InChI is InChI=1S/C50H68N5O5S3/c1-49(2)42-33-40(62(11,56)57)23-25-44(42)52(29-13-31-54(5,6)7)46(49)27-19-37-15-12-16-38(48(37)61-39-21-17-36(35-51)18-22-39)20-28-47-50(3,4)43-34-41(63(58,59)60)24-26-45(43)53(47)30-14-32-55(8,9)10/h17-28,33-34H,11-16,29-32,35,51H2,1-10H3/q+1/p+2. The smallest absolute Gasteiger partial charge is 0.294 e. The molecule has 13 heteroatoms. The number of quaternary nitrogens is 2. The van der Waals surface area contributed by atoms with Crippen molar-refractivity contribution in [3.63, 3.8) is 0 Å². The van der Waals surface area contributed by atoms with Gasteiger partial charge in [0.05, 0.1) is 77.0 Å². The maximum absolute atomic E-state index is 12.8. The molecule has 4 N–H and O–H groups in total. The van der Waals surface area contributed by atoms with E-state index in [4.69, 9.17) is 5.73 Å². The Kier molecular flexibility index (Phi) is 14.1. The maximum Gasteiger partial charge on any atom is 0.294 e. The average molecular weight is 917 g/mol. The molecule has 6 rings (SSSR count). The largest absolute Gasteiger partial charge is 0.344 e. The fourth-order valence-corrected chi connectivity index (χ4v) is 11.3. The molecule has 63 heavy (non-hydrogen) atoms. The zero-order valence-electron chi connectivity index (χ0n) is 39.1. The summed E-state index contributed by atoms with van der Waals surface area (Å²) >= 11 is 1.77. The highest BCUT2D eigenvalue weighted by Crippen LogP contribution is 2.50. The topological polar surface area (TPSA) is 124 Å². The second kappa shape index (κ2) is 18.2. The molecule has 1 atom stereocenters. The van der Waals surface area contributed by atoms with E-state index in [1.54, 1.807) is 23.9 Å². The molecule has 340 valence electrons. The summed E-state index contributed by atoms with van der Waals surface area (Å²) in [7, 11) is 5.42. The summed E-state index contributed by atoms with van der Waals surface area (Å²) in [5.74, 6) is 3.57. The van der Waals surface area contributed by atoms with Gasteiger partial charge in [-0.3, -0.25) is 4.55 Å². The first kappa shape index (κ1) is 48.7. The van der Waals surface area contributed by atoms with Crippen LogP contribution >= 0.6 is 11.8 Å². The molecular formula is C50H70N5O5S3+3. The highest BCUT2D eigenvalue weighted by atomic mass is 32.2. The van der Waals surface area contributed by atoms with Crippen molar-refractivity contribution in [1.29, 1.82) is 0 Å². The van der Waals surface area contributed by atoms with Crippen molar-refractivity contribution in [2.75, 3.05) is 73.4 Å². The van der Waals surface area contributed by atoms with Gasteiger partial charge in [-0.2, -0.15) is 13.0 Å². The number of benzene rings is 3. The first-order valence-corrected chi connectivity index (χ1v) is 25.8. The maximum atomic E-state index is 12.8. The van der Waals surface area contributed by atoms with Gasteiger partial charge in [-0.05, 0) is 110 Å². The Morgan fingerprint density at radius 1 is 0.810 bits per heavy atom. The second-order valence-corrected chi connectivity index (χ2v) is 24.6. The van der Waals surface area contributed by atoms with Crippen molar-refractivity contribution in [2.24, 2.45) is 5.73 Å². The highest BCUT2D eigenvalue weighted by Gasteiger charge is 2.45. The molecule has 0 amide bonds. The molecule has 0 aromatic heterocycles. The summed E-state index contributed by atoms with van der Waals surface area (Å²) in [4.78, 5) is 4.90. The van der Waals surface area contributed by atoms with E-state index < -0.39 is 30.8 Å². The van der Waals surface area contributed by atoms with Crippen molar-refractivity contribution in [1.82, 2.24) is 0 Å². The van der Waals surface area contributed by atoms with Gasteiger partial charge in [0.1, 0.15) is 9.80 Å². The molecule has 1 unspecified atom stereocenters. The van der Waals surface area contributed by atoms with Crippen molar-refractivity contribution in [2.45, 2.75) is 91.9 Å². The summed E-state index contributed by atoms with van der Waals surface area (Å²) in [6.45, 7) is 12.7. The van der Waals surface area contributed by atoms with Crippen LogP contribution in [-0.4, -0.2) is 115 Å². The number of nitrogens with zero attached hydrogens (tertiary/aromatic N) is 4. The van der Waals surface area contributed by atoms with E-state index in [0.717, 1.165) is 112 Å². The molecule has 3 aliphatic rings. The third-order valence-corrected chi connectivity index (χ3v) is 15.6. The Balaban J connectivity index is 1.48. The summed E-state index contributed by atoms with van der Waals surface area (Å²) in [5.41, 5.74) is 14.7. The fourth-order valence-electron chi connectivity index (χ4n) is 9.08. The van der Waals surface area contributed by atoms with Crippen LogP contribution in [0.2, 0.25) is 0 Å². The third kappa shape index (κ3) is 11.2. The molecular weight excluding hydrogens is 847 g/mol. The van der Waals surface area contributed by atoms with Crippen LogP contribution in [0.4, 0.5) is 11.4 Å². The first-order valence-electron chi connectivity index (χ1n) is 21.9. The monoisotopic (exact) mass is 916 g/mol. The van der Waals surface area contributed by atoms with E-state index >= 15 is 0 Å². The lowest BCUT2D eigenvalue weighted by molar-refractivity contribution is -0.871. The summed E-state index contributed by atoms with van der Waals surface area (Å²) < 4.78 is 62.0. The predicted octanol–water partition coefficient (Wildman–Crippen LogP) is 8.90. The van der Waals surface area contributed by atoms with Gasteiger partial charge in [0.25, 0.3) is 10.1 Å². The molecule has 10 nitrogen and oxygen atoms in total. The van der Waals surface area contributed by atoms with Gasteiger partial charge in [-0.25, -0.2) is 4.21 Å². The minimum absolute atomic E-state index is 0.0969. The van der Waals surface area contributed by atoms with Crippen LogP contribution in [0.5, 0.6) is 0 Å². The van der Waals surface area contributed by atoms with E-state index in [2.05, 4.69) is 134 Å². The Morgan fingerprint density at radius 2 is 1.44 bits per heavy atom. The van der Waals surface area contributed by atoms with Crippen LogP contribution in [0, 0.1) is 0 Å². The Labute approximate surface area is 382 Å². The number of hydrogen-bond acceptors (Lipinski definition) is 6. The molecule has 3 aromatic carbocycles. The van der Waals surface area contributed by atoms with Gasteiger partial charge in [0, 0.05) is 63.8 Å². The quantitative estimate of drug-likeness (QED) is 0.0564. The van der Waals surface area contributed by atoms with Crippen LogP contribution < -0.4 is 10.6 Å². The van der Waals surface area contributed by atoms with Gasteiger partial charge < -0.3 is 24.2 Å². The number of hydrogen-bond donors (Lipinski definition) is 3. The van der Waals surface area contributed by atoms with Crippen LogP contribution in [0.25, 0.3) is 0 Å². The number of thioether (sulfide) groups is 1. The van der Waals surface area contributed by atoms with Crippen LogP contribution in [-0.2, 0) is 37.3 Å². The van der Waals surface area contributed by atoms with E-state index in [9.17, 15) is 21.7 Å². The van der Waals surface area contributed by atoms with Crippen LogP contribution in [0.15, 0.2) is 121 Å². The van der Waals surface area contributed by atoms with Gasteiger partial charge in [0.2, 0.25) is 5.69 Å². The summed E-state index contributed by atoms with van der Waals surface area (Å²) in [5, 5.41) is 0. The molecule has 2 aliphatic heterocycles. The van der Waals surface area contributed by atoms with E-state index in [1.807, 2.05) is 18.2 Å². The molecule has 0 spiro atoms. The van der Waals surface area contributed by atoms with Gasteiger partial charge >= 0.3 is 0 Å². The molecule has 1 aliphatic carbocycles. The Morgan fingerprint density at radius 3 is 2.06 bits per heavy atom. The van der Waals surface area contributed by atoms with E-state index in [0.29, 0.717) is 11.4 Å². The van der Waals surface area contributed by atoms with Gasteiger partial charge in [-0.15, -0.1) is 0 Å². The molecule has 2 heterocycles. The van der Waals surface area contributed by atoms with Crippen molar-refractivity contribution in [3.05, 3.63) is 123 Å². The van der Waals surface area contributed by atoms with Gasteiger partial charge in [0.15, 0.2) is 12.3 Å². The van der Waals surface area contributed by atoms with Crippen molar-refractivity contribution < 1.29 is 35.3 Å². The number of fused-ring (bicyclic) bond motifs is 2. The molecule has 0 saturated heterocycles. The summed E-state index contributed by atoms with van der Waals surface area (Å²) in [6.07, 6.45) is 13.8. The zero-order valence-corrected chi connectivity index (χ0v) is 41.5. The minimum atomic E-state index is -4.38. The van der Waals surface area contributed by atoms with Crippen molar-refractivity contribution >= 4 is 54.6 Å². The SMILES string of the molecule is C=S(=O)(O)c1ccc2c(c1)C(C)(C)C(C=CC1=C(Sc3ccc(CN)cc3)C(=CC=C3N(CCC[N+](C)(C)C)c4ccc(S(=O)(=O)O)cc4C3(C)C)CCC1)=[N+]2CCC[N+](C)(C)C. The average Bonchev–Trinajstić information content (AvgIpc) is 3.52. The summed E-state index contributed by atoms with van der Waals surface area (Å²) in [6, 6.07) is 19.0. The van der Waals surface area contributed by atoms with E-state index in [1.165, 1.54) is 22.1 Å². The van der Waals surface area contributed by atoms with Crippen molar-refractivity contribution in [3.8, 4) is 0 Å². The Hall–Kier alpha value is -3.79. The first-order chi connectivity index (χ1) is 29.2. The zero-order chi connectivity index (χ0) is 46.3. The normalized spacial score (nSPS) is 20.0. The highest BCUT2D eigenvalue weighted by molar-refractivity contribution is 8.03. The fraction of sp³-hybridized carbons (Fsp3) is 0.440. The van der Waals surface area contributed by atoms with Crippen LogP contribution in [0.1, 0.15) is 76.5 Å². The predicted molar refractivity (Wildman–Crippen MR) is 263 cm³/mol. The second-order valence-electron chi connectivity index (χ2n) is 20.4. The number of anilines is 1.